The van der Waals surface area contributed by atoms with Crippen LogP contribution in [0.3, 0.4) is 0 Å². The molecule has 0 aliphatic carbocycles. The molecule has 2 aromatic rings. The second-order valence-electron chi connectivity index (χ2n) is 8.86. The van der Waals surface area contributed by atoms with Gasteiger partial charge in [0.1, 0.15) is 12.7 Å². The molecule has 198 valence electrons. The summed E-state index contributed by atoms with van der Waals surface area (Å²) in [7, 11) is 0. The molecule has 5 N–H and O–H groups in total. The van der Waals surface area contributed by atoms with Gasteiger partial charge in [0, 0.05) is 12.3 Å². The van der Waals surface area contributed by atoms with Gasteiger partial charge in [0.15, 0.2) is 23.0 Å². The Bertz CT molecular complexity index is 1180. The molecule has 2 aliphatic heterocycles. The molecule has 37 heavy (non-hydrogen) atoms. The Morgan fingerprint density at radius 2 is 1.54 bits per heavy atom. The fourth-order valence-corrected chi connectivity index (χ4v) is 4.42. The molecule has 0 amide bonds. The van der Waals surface area contributed by atoms with Crippen molar-refractivity contribution in [2.75, 3.05) is 19.8 Å². The number of carbonyl (C=O) groups is 2. The number of carbonyl (C=O) groups excluding carboxylic acids is 2. The maximum atomic E-state index is 12.9. The van der Waals surface area contributed by atoms with Gasteiger partial charge in [-0.2, -0.15) is 0 Å². The number of aromatic hydroxyl groups is 4. The van der Waals surface area contributed by atoms with E-state index < -0.39 is 36.2 Å². The van der Waals surface area contributed by atoms with Crippen molar-refractivity contribution in [2.24, 2.45) is 11.8 Å². The smallest absolute Gasteiger partial charge is 0.337 e. The van der Waals surface area contributed by atoms with E-state index >= 15 is 0 Å². The third-order valence-electron chi connectivity index (χ3n) is 6.41. The summed E-state index contributed by atoms with van der Waals surface area (Å²) in [6.07, 6.45) is -0.582. The zero-order valence-corrected chi connectivity index (χ0v) is 19.8. The molecule has 1 fully saturated rings. The molecule has 0 unspecified atom stereocenters. The highest BCUT2D eigenvalue weighted by atomic mass is 16.6. The van der Waals surface area contributed by atoms with E-state index in [-0.39, 0.29) is 61.2 Å². The molecule has 4 rings (SSSR count). The van der Waals surface area contributed by atoms with Crippen molar-refractivity contribution in [3.8, 4) is 23.0 Å². The summed E-state index contributed by atoms with van der Waals surface area (Å²) >= 11 is 0. The first-order valence-corrected chi connectivity index (χ1v) is 11.7. The van der Waals surface area contributed by atoms with Crippen LogP contribution in [0, 0.1) is 11.8 Å². The topological polar surface area (TPSA) is 172 Å². The SMILES string of the molecule is O=C1C[C@@H]2C(C(=O)OCCc3ccc(O)c(O)c3)=CO[C@@H](O)[C@@H]2[C@H](OCCc2ccc(O)c(O)c2)CO1. The molecule has 0 spiro atoms. The minimum Gasteiger partial charge on any atom is -0.504 e. The van der Waals surface area contributed by atoms with Crippen LogP contribution >= 0.6 is 0 Å². The van der Waals surface area contributed by atoms with Crippen LogP contribution in [-0.4, -0.2) is 69.7 Å². The van der Waals surface area contributed by atoms with Gasteiger partial charge < -0.3 is 44.5 Å². The van der Waals surface area contributed by atoms with Crippen molar-refractivity contribution in [1.82, 2.24) is 0 Å². The lowest BCUT2D eigenvalue weighted by Gasteiger charge is -2.36. The number of aliphatic hydroxyl groups is 1. The average Bonchev–Trinajstić information content (AvgIpc) is 3.03. The van der Waals surface area contributed by atoms with Crippen LogP contribution in [0.15, 0.2) is 48.2 Å². The highest BCUT2D eigenvalue weighted by Gasteiger charge is 2.47. The summed E-state index contributed by atoms with van der Waals surface area (Å²) in [6, 6.07) is 8.67. The average molecular weight is 516 g/mol. The van der Waals surface area contributed by atoms with Gasteiger partial charge in [0.25, 0.3) is 0 Å². The lowest BCUT2D eigenvalue weighted by molar-refractivity contribution is -0.169. The first kappa shape index (κ1) is 26.1. The number of aliphatic hydroxyl groups excluding tert-OH is 1. The quantitative estimate of drug-likeness (QED) is 0.255. The zero-order valence-electron chi connectivity index (χ0n) is 19.8. The Morgan fingerprint density at radius 3 is 2.16 bits per heavy atom. The van der Waals surface area contributed by atoms with Crippen LogP contribution in [0.5, 0.6) is 23.0 Å². The predicted molar refractivity (Wildman–Crippen MR) is 125 cm³/mol. The summed E-state index contributed by atoms with van der Waals surface area (Å²) in [4.78, 5) is 25.2. The van der Waals surface area contributed by atoms with E-state index in [2.05, 4.69) is 0 Å². The van der Waals surface area contributed by atoms with Crippen LogP contribution < -0.4 is 0 Å². The monoisotopic (exact) mass is 516 g/mol. The first-order chi connectivity index (χ1) is 17.7. The molecule has 1 saturated heterocycles. The van der Waals surface area contributed by atoms with Crippen molar-refractivity contribution in [1.29, 1.82) is 0 Å². The second-order valence-corrected chi connectivity index (χ2v) is 8.86. The molecule has 4 atom stereocenters. The highest BCUT2D eigenvalue weighted by Crippen LogP contribution is 2.38. The minimum absolute atomic E-state index is 0.0375. The Kier molecular flexibility index (Phi) is 8.04. The van der Waals surface area contributed by atoms with E-state index in [0.29, 0.717) is 17.5 Å². The second kappa shape index (κ2) is 11.4. The Balaban J connectivity index is 1.40. The Labute approximate surface area is 212 Å². The van der Waals surface area contributed by atoms with E-state index in [1.807, 2.05) is 0 Å². The van der Waals surface area contributed by atoms with Crippen LogP contribution in [0.2, 0.25) is 0 Å². The zero-order chi connectivity index (χ0) is 26.5. The number of fused-ring (bicyclic) bond motifs is 1. The van der Waals surface area contributed by atoms with E-state index in [1.54, 1.807) is 12.1 Å². The van der Waals surface area contributed by atoms with Gasteiger partial charge in [0.05, 0.1) is 37.4 Å². The van der Waals surface area contributed by atoms with Crippen LogP contribution in [0.1, 0.15) is 17.5 Å². The van der Waals surface area contributed by atoms with Gasteiger partial charge in [-0.05, 0) is 41.8 Å². The normalized spacial score (nSPS) is 23.2. The number of phenolic OH excluding ortho intramolecular Hbond substituents is 4. The number of phenols is 4. The van der Waals surface area contributed by atoms with Gasteiger partial charge in [-0.15, -0.1) is 0 Å². The van der Waals surface area contributed by atoms with Crippen molar-refractivity contribution in [3.05, 3.63) is 59.4 Å². The molecular formula is C26H28O11. The van der Waals surface area contributed by atoms with Gasteiger partial charge in [0.2, 0.25) is 6.29 Å². The standard InChI is InChI=1S/C26H28O11/c27-18-3-1-14(9-20(18)29)5-7-34-22-13-36-23(31)11-16-17(12-37-26(33)24(16)22)25(32)35-8-6-15-2-4-19(28)21(30)10-15/h1-4,9-10,12,16,22,24,26-30,33H,5-8,11,13H2/t16-,22-,24+,26-/m1/s1. The molecule has 0 radical (unpaired) electrons. The summed E-state index contributed by atoms with van der Waals surface area (Å²) in [5, 5.41) is 48.7. The van der Waals surface area contributed by atoms with E-state index in [0.717, 1.165) is 6.26 Å². The molecule has 2 aromatic carbocycles. The molecule has 2 aliphatic rings. The molecule has 11 nitrogen and oxygen atoms in total. The van der Waals surface area contributed by atoms with E-state index in [1.165, 1.54) is 24.3 Å². The minimum atomic E-state index is -1.35. The lowest BCUT2D eigenvalue weighted by Crippen LogP contribution is -2.45. The number of rotatable bonds is 8. The Hall–Kier alpha value is -3.96. The van der Waals surface area contributed by atoms with Crippen molar-refractivity contribution >= 4 is 11.9 Å². The lowest BCUT2D eigenvalue weighted by atomic mass is 9.79. The third-order valence-corrected chi connectivity index (χ3v) is 6.41. The van der Waals surface area contributed by atoms with Crippen LogP contribution in [-0.2, 0) is 41.4 Å². The summed E-state index contributed by atoms with van der Waals surface area (Å²) in [5.41, 5.74) is 1.41. The Morgan fingerprint density at radius 1 is 0.919 bits per heavy atom. The van der Waals surface area contributed by atoms with Gasteiger partial charge in [-0.3, -0.25) is 4.79 Å². The largest absolute Gasteiger partial charge is 0.504 e. The number of hydrogen-bond acceptors (Lipinski definition) is 11. The maximum Gasteiger partial charge on any atom is 0.337 e. The van der Waals surface area contributed by atoms with E-state index in [4.69, 9.17) is 18.9 Å². The summed E-state index contributed by atoms with van der Waals surface area (Å²) in [5.74, 6) is -3.88. The number of ether oxygens (including phenoxy) is 4. The number of esters is 2. The highest BCUT2D eigenvalue weighted by molar-refractivity contribution is 5.90. The first-order valence-electron chi connectivity index (χ1n) is 11.7. The predicted octanol–water partition coefficient (Wildman–Crippen LogP) is 1.63. The van der Waals surface area contributed by atoms with E-state index in [9.17, 15) is 35.1 Å². The van der Waals surface area contributed by atoms with Crippen LogP contribution in [0.25, 0.3) is 0 Å². The molecule has 0 bridgehead atoms. The fourth-order valence-electron chi connectivity index (χ4n) is 4.42. The summed E-state index contributed by atoms with van der Waals surface area (Å²) in [6.45, 7) is -0.0383. The molecule has 11 heteroatoms. The van der Waals surface area contributed by atoms with Gasteiger partial charge in [-0.1, -0.05) is 12.1 Å². The number of hydrogen-bond donors (Lipinski definition) is 5. The number of benzene rings is 2. The summed E-state index contributed by atoms with van der Waals surface area (Å²) < 4.78 is 21.9. The molecule has 0 saturated carbocycles. The van der Waals surface area contributed by atoms with Crippen molar-refractivity contribution < 1.29 is 54.1 Å². The molecular weight excluding hydrogens is 488 g/mol. The van der Waals surface area contributed by atoms with Crippen LogP contribution in [0.4, 0.5) is 0 Å². The van der Waals surface area contributed by atoms with Gasteiger partial charge >= 0.3 is 11.9 Å². The third kappa shape index (κ3) is 6.25. The van der Waals surface area contributed by atoms with Crippen molar-refractivity contribution in [2.45, 2.75) is 31.7 Å². The van der Waals surface area contributed by atoms with Crippen molar-refractivity contribution in [3.63, 3.8) is 0 Å². The maximum absolute atomic E-state index is 12.9. The molecule has 0 aromatic heterocycles. The van der Waals surface area contributed by atoms with Gasteiger partial charge in [-0.25, -0.2) is 4.79 Å². The molecule has 2 heterocycles. The number of cyclic esters (lactones) is 1. The fraction of sp³-hybridized carbons (Fsp3) is 0.385.